The van der Waals surface area contributed by atoms with E-state index in [1.807, 2.05) is 0 Å². The molecule has 0 aliphatic rings. The molecular formula is C20H42O6. The molecule has 0 aliphatic carbocycles. The smallest absolute Gasteiger partial charge is 0.0701 e. The van der Waals surface area contributed by atoms with E-state index < -0.39 is 0 Å². The van der Waals surface area contributed by atoms with Crippen molar-refractivity contribution in [2.45, 2.75) is 52.4 Å². The SMILES string of the molecule is CCCCCC(C)CCCOCCOCCOCCOCCOCCO. The summed E-state index contributed by atoms with van der Waals surface area (Å²) in [6.07, 6.45) is 7.76. The highest BCUT2D eigenvalue weighted by atomic mass is 16.6. The first-order valence-electron chi connectivity index (χ1n) is 10.3. The van der Waals surface area contributed by atoms with Crippen molar-refractivity contribution in [1.29, 1.82) is 0 Å². The number of aliphatic hydroxyl groups is 1. The van der Waals surface area contributed by atoms with Gasteiger partial charge in [0.2, 0.25) is 0 Å². The summed E-state index contributed by atoms with van der Waals surface area (Å²) in [5.74, 6) is 0.815. The third kappa shape index (κ3) is 21.8. The standard InChI is InChI=1S/C20H42O6/c1-3-4-5-7-20(2)8-6-10-22-12-14-24-16-18-26-19-17-25-15-13-23-11-9-21/h20-21H,3-19H2,1-2H3. The maximum atomic E-state index is 8.53. The lowest BCUT2D eigenvalue weighted by Crippen LogP contribution is -2.13. The third-order valence-electron chi connectivity index (χ3n) is 4.01. The van der Waals surface area contributed by atoms with Crippen LogP contribution in [0.15, 0.2) is 0 Å². The van der Waals surface area contributed by atoms with Gasteiger partial charge in [0.15, 0.2) is 0 Å². The monoisotopic (exact) mass is 378 g/mol. The van der Waals surface area contributed by atoms with E-state index >= 15 is 0 Å². The molecule has 1 atom stereocenters. The van der Waals surface area contributed by atoms with Crippen LogP contribution in [0, 0.1) is 5.92 Å². The number of unbranched alkanes of at least 4 members (excludes halogenated alkanes) is 2. The molecule has 1 N–H and O–H groups in total. The first-order valence-corrected chi connectivity index (χ1v) is 10.3. The van der Waals surface area contributed by atoms with Gasteiger partial charge in [-0.15, -0.1) is 0 Å². The molecule has 6 nitrogen and oxygen atoms in total. The molecule has 0 aliphatic heterocycles. The van der Waals surface area contributed by atoms with E-state index in [1.165, 1.54) is 32.1 Å². The Labute approximate surface area is 160 Å². The van der Waals surface area contributed by atoms with Gasteiger partial charge < -0.3 is 28.8 Å². The Morgan fingerprint density at radius 3 is 1.46 bits per heavy atom. The van der Waals surface area contributed by atoms with Gasteiger partial charge in [-0.2, -0.15) is 0 Å². The lowest BCUT2D eigenvalue weighted by atomic mass is 9.98. The third-order valence-corrected chi connectivity index (χ3v) is 4.01. The Hall–Kier alpha value is -0.240. The molecule has 0 bridgehead atoms. The van der Waals surface area contributed by atoms with Gasteiger partial charge in [-0.05, 0) is 18.8 Å². The van der Waals surface area contributed by atoms with Gasteiger partial charge in [0.25, 0.3) is 0 Å². The normalized spacial score (nSPS) is 12.6. The molecule has 0 saturated heterocycles. The Bertz CT molecular complexity index is 252. The first kappa shape index (κ1) is 25.8. The van der Waals surface area contributed by atoms with E-state index in [1.54, 1.807) is 0 Å². The minimum absolute atomic E-state index is 0.0481. The molecule has 0 fully saturated rings. The van der Waals surface area contributed by atoms with E-state index in [4.69, 9.17) is 28.8 Å². The summed E-state index contributed by atoms with van der Waals surface area (Å²) in [6.45, 7) is 10.4. The van der Waals surface area contributed by atoms with Gasteiger partial charge >= 0.3 is 0 Å². The highest BCUT2D eigenvalue weighted by molar-refractivity contribution is 4.53. The van der Waals surface area contributed by atoms with Crippen LogP contribution >= 0.6 is 0 Å². The van der Waals surface area contributed by atoms with Crippen LogP contribution in [-0.4, -0.2) is 77.8 Å². The Kier molecular flexibility index (Phi) is 22.6. The number of ether oxygens (including phenoxy) is 5. The maximum absolute atomic E-state index is 8.53. The maximum Gasteiger partial charge on any atom is 0.0701 e. The molecule has 26 heavy (non-hydrogen) atoms. The summed E-state index contributed by atoms with van der Waals surface area (Å²) in [5.41, 5.74) is 0. The van der Waals surface area contributed by atoms with Crippen molar-refractivity contribution in [3.63, 3.8) is 0 Å². The zero-order valence-corrected chi connectivity index (χ0v) is 17.1. The molecular weight excluding hydrogens is 336 g/mol. The van der Waals surface area contributed by atoms with Crippen molar-refractivity contribution in [3.8, 4) is 0 Å². The molecule has 0 aromatic carbocycles. The predicted octanol–water partition coefficient (Wildman–Crippen LogP) is 3.06. The van der Waals surface area contributed by atoms with E-state index in [-0.39, 0.29) is 6.61 Å². The topological polar surface area (TPSA) is 66.4 Å². The van der Waals surface area contributed by atoms with Crippen LogP contribution in [0.2, 0.25) is 0 Å². The largest absolute Gasteiger partial charge is 0.394 e. The first-order chi connectivity index (χ1) is 12.8. The number of hydrogen-bond acceptors (Lipinski definition) is 6. The summed E-state index contributed by atoms with van der Waals surface area (Å²) in [6, 6.07) is 0. The van der Waals surface area contributed by atoms with Crippen molar-refractivity contribution >= 4 is 0 Å². The Morgan fingerprint density at radius 1 is 0.577 bits per heavy atom. The van der Waals surface area contributed by atoms with Crippen molar-refractivity contribution in [2.24, 2.45) is 5.92 Å². The van der Waals surface area contributed by atoms with Crippen LogP contribution in [-0.2, 0) is 23.7 Å². The van der Waals surface area contributed by atoms with Crippen LogP contribution in [0.3, 0.4) is 0 Å². The Morgan fingerprint density at radius 2 is 1.00 bits per heavy atom. The van der Waals surface area contributed by atoms with Crippen molar-refractivity contribution in [3.05, 3.63) is 0 Å². The lowest BCUT2D eigenvalue weighted by Gasteiger charge is -2.11. The molecule has 0 amide bonds. The van der Waals surface area contributed by atoms with Gasteiger partial charge in [-0.3, -0.25) is 0 Å². The van der Waals surface area contributed by atoms with Crippen molar-refractivity contribution in [1.82, 2.24) is 0 Å². The van der Waals surface area contributed by atoms with Crippen LogP contribution in [0.5, 0.6) is 0 Å². The minimum atomic E-state index is 0.0481. The summed E-state index contributed by atoms with van der Waals surface area (Å²) in [7, 11) is 0. The molecule has 0 heterocycles. The molecule has 0 aromatic rings. The molecule has 1 unspecified atom stereocenters. The van der Waals surface area contributed by atoms with E-state index in [2.05, 4.69) is 13.8 Å². The second-order valence-electron chi connectivity index (χ2n) is 6.53. The fourth-order valence-electron chi connectivity index (χ4n) is 2.47. The summed E-state index contributed by atoms with van der Waals surface area (Å²) in [4.78, 5) is 0. The van der Waals surface area contributed by atoms with E-state index in [9.17, 15) is 0 Å². The number of rotatable bonds is 22. The van der Waals surface area contributed by atoms with Gasteiger partial charge in [-0.25, -0.2) is 0 Å². The highest BCUT2D eigenvalue weighted by Crippen LogP contribution is 2.14. The average Bonchev–Trinajstić information content (AvgIpc) is 2.64. The fraction of sp³-hybridized carbons (Fsp3) is 1.00. The molecule has 0 saturated carbocycles. The molecule has 158 valence electrons. The van der Waals surface area contributed by atoms with Gasteiger partial charge in [-0.1, -0.05) is 39.5 Å². The van der Waals surface area contributed by atoms with Crippen molar-refractivity contribution < 1.29 is 28.8 Å². The molecule has 0 spiro atoms. The van der Waals surface area contributed by atoms with E-state index in [0.717, 1.165) is 18.9 Å². The second-order valence-corrected chi connectivity index (χ2v) is 6.53. The zero-order valence-electron chi connectivity index (χ0n) is 17.1. The quantitative estimate of drug-likeness (QED) is 0.292. The molecule has 0 radical (unpaired) electrons. The fourth-order valence-corrected chi connectivity index (χ4v) is 2.47. The van der Waals surface area contributed by atoms with Gasteiger partial charge in [0.1, 0.15) is 0 Å². The second kappa shape index (κ2) is 22.8. The zero-order chi connectivity index (χ0) is 19.1. The summed E-state index contributed by atoms with van der Waals surface area (Å²) >= 11 is 0. The highest BCUT2D eigenvalue weighted by Gasteiger charge is 2.01. The van der Waals surface area contributed by atoms with Gasteiger partial charge in [0, 0.05) is 6.61 Å². The molecule has 6 heteroatoms. The average molecular weight is 379 g/mol. The minimum Gasteiger partial charge on any atom is -0.394 e. The van der Waals surface area contributed by atoms with Crippen LogP contribution in [0.25, 0.3) is 0 Å². The Balaban J connectivity index is 3.05. The van der Waals surface area contributed by atoms with Crippen LogP contribution in [0.4, 0.5) is 0 Å². The van der Waals surface area contributed by atoms with E-state index in [0.29, 0.717) is 59.5 Å². The summed E-state index contributed by atoms with van der Waals surface area (Å²) in [5, 5.41) is 8.53. The summed E-state index contributed by atoms with van der Waals surface area (Å²) < 4.78 is 26.8. The van der Waals surface area contributed by atoms with Crippen LogP contribution in [0.1, 0.15) is 52.4 Å². The number of hydrogen-bond donors (Lipinski definition) is 1. The van der Waals surface area contributed by atoms with Crippen molar-refractivity contribution in [2.75, 3.05) is 72.7 Å². The molecule has 0 aromatic heterocycles. The predicted molar refractivity (Wildman–Crippen MR) is 104 cm³/mol. The number of aliphatic hydroxyl groups excluding tert-OH is 1. The molecule has 0 rings (SSSR count). The van der Waals surface area contributed by atoms with Gasteiger partial charge in [0.05, 0.1) is 66.1 Å². The van der Waals surface area contributed by atoms with Crippen LogP contribution < -0.4 is 0 Å². The lowest BCUT2D eigenvalue weighted by molar-refractivity contribution is -0.0135.